The van der Waals surface area contributed by atoms with Crippen LogP contribution in [0.5, 0.6) is 11.5 Å². The van der Waals surface area contributed by atoms with Crippen molar-refractivity contribution < 1.29 is 28.6 Å². The van der Waals surface area contributed by atoms with Gasteiger partial charge in [0.05, 0.1) is 25.0 Å². The van der Waals surface area contributed by atoms with Crippen LogP contribution in [0.25, 0.3) is 11.6 Å². The largest absolute Gasteiger partial charge is 0.493 e. The number of carbonyl (C=O) groups excluding carboxylic acids is 3. The number of imide groups is 1. The van der Waals surface area contributed by atoms with Gasteiger partial charge in [-0.05, 0) is 66.6 Å². The Morgan fingerprint density at radius 3 is 2.36 bits per heavy atom. The summed E-state index contributed by atoms with van der Waals surface area (Å²) in [4.78, 5) is 40.0. The Hall–Kier alpha value is -4.90. The van der Waals surface area contributed by atoms with E-state index >= 15 is 0 Å². The van der Waals surface area contributed by atoms with Crippen molar-refractivity contribution >= 4 is 35.1 Å². The van der Waals surface area contributed by atoms with Crippen molar-refractivity contribution in [2.75, 3.05) is 25.2 Å². The van der Waals surface area contributed by atoms with E-state index in [4.69, 9.17) is 19.5 Å². The predicted molar refractivity (Wildman–Crippen MR) is 133 cm³/mol. The number of benzene rings is 3. The first-order valence-electron chi connectivity index (χ1n) is 11.1. The second kappa shape index (κ2) is 10.6. The molecule has 0 aliphatic carbocycles. The Morgan fingerprint density at radius 1 is 0.972 bits per heavy atom. The molecule has 36 heavy (non-hydrogen) atoms. The van der Waals surface area contributed by atoms with Crippen LogP contribution in [-0.2, 0) is 9.53 Å². The lowest BCUT2D eigenvalue weighted by atomic mass is 9.91. The summed E-state index contributed by atoms with van der Waals surface area (Å²) >= 11 is 0. The number of hydrogen-bond acceptors (Lipinski definition) is 7. The Bertz CT molecular complexity index is 1400. The molecule has 1 aliphatic heterocycles. The third kappa shape index (κ3) is 4.68. The fourth-order valence-electron chi connectivity index (χ4n) is 3.86. The first-order valence-corrected chi connectivity index (χ1v) is 11.1. The zero-order chi connectivity index (χ0) is 25.7. The van der Waals surface area contributed by atoms with Crippen molar-refractivity contribution in [3.63, 3.8) is 0 Å². The van der Waals surface area contributed by atoms with Gasteiger partial charge in [-0.15, -0.1) is 0 Å². The molecule has 2 amide bonds. The topological polar surface area (TPSA) is 106 Å². The van der Waals surface area contributed by atoms with Crippen molar-refractivity contribution in [3.8, 4) is 17.6 Å². The molecule has 0 atom stereocenters. The van der Waals surface area contributed by atoms with Crippen molar-refractivity contribution in [2.24, 2.45) is 0 Å². The summed E-state index contributed by atoms with van der Waals surface area (Å²) in [5.41, 5.74) is 2.49. The molecule has 1 heterocycles. The molecular formula is C28H22N2O6. The van der Waals surface area contributed by atoms with E-state index in [2.05, 4.69) is 0 Å². The van der Waals surface area contributed by atoms with Crippen LogP contribution in [0.2, 0.25) is 0 Å². The Morgan fingerprint density at radius 2 is 1.69 bits per heavy atom. The molecule has 0 unspecified atom stereocenters. The van der Waals surface area contributed by atoms with Crippen molar-refractivity contribution in [1.29, 1.82) is 5.26 Å². The summed E-state index contributed by atoms with van der Waals surface area (Å²) < 4.78 is 15.7. The highest BCUT2D eigenvalue weighted by molar-refractivity contribution is 6.43. The number of methoxy groups -OCH3 is 1. The zero-order valence-corrected chi connectivity index (χ0v) is 19.7. The van der Waals surface area contributed by atoms with Gasteiger partial charge in [0.1, 0.15) is 6.07 Å². The van der Waals surface area contributed by atoms with Gasteiger partial charge in [0.2, 0.25) is 0 Å². The fraction of sp³-hybridized carbons (Fsp3) is 0.143. The molecular weight excluding hydrogens is 460 g/mol. The van der Waals surface area contributed by atoms with E-state index in [-0.39, 0.29) is 13.2 Å². The lowest BCUT2D eigenvalue weighted by Crippen LogP contribution is -2.41. The normalized spacial score (nSPS) is 13.7. The highest BCUT2D eigenvalue weighted by Crippen LogP contribution is 2.35. The van der Waals surface area contributed by atoms with Crippen molar-refractivity contribution in [1.82, 2.24) is 0 Å². The van der Waals surface area contributed by atoms with Gasteiger partial charge < -0.3 is 14.2 Å². The van der Waals surface area contributed by atoms with Crippen LogP contribution in [0.3, 0.4) is 0 Å². The quantitative estimate of drug-likeness (QED) is 0.277. The van der Waals surface area contributed by atoms with Crippen LogP contribution in [0.1, 0.15) is 38.8 Å². The first-order chi connectivity index (χ1) is 17.5. The third-order valence-electron chi connectivity index (χ3n) is 5.51. The number of carbonyl (C=O) groups is 3. The molecule has 4 rings (SSSR count). The predicted octanol–water partition coefficient (Wildman–Crippen LogP) is 4.50. The van der Waals surface area contributed by atoms with Crippen LogP contribution in [0.15, 0.2) is 66.7 Å². The maximum atomic E-state index is 13.6. The Balaban J connectivity index is 1.76. The highest BCUT2D eigenvalue weighted by atomic mass is 16.5. The van der Waals surface area contributed by atoms with E-state index in [0.29, 0.717) is 45.0 Å². The van der Waals surface area contributed by atoms with Crippen LogP contribution in [-0.4, -0.2) is 38.1 Å². The molecule has 0 bridgehead atoms. The molecule has 0 N–H and O–H groups in total. The monoisotopic (exact) mass is 482 g/mol. The lowest BCUT2D eigenvalue weighted by molar-refractivity contribution is -0.112. The van der Waals surface area contributed by atoms with Gasteiger partial charge in [-0.25, -0.2) is 9.69 Å². The van der Waals surface area contributed by atoms with Gasteiger partial charge >= 0.3 is 5.97 Å². The number of fused-ring (bicyclic) bond motifs is 1. The molecule has 0 fully saturated rings. The van der Waals surface area contributed by atoms with Crippen LogP contribution in [0.4, 0.5) is 5.69 Å². The fourth-order valence-corrected chi connectivity index (χ4v) is 3.86. The molecule has 0 saturated heterocycles. The number of nitrogens with zero attached hydrogens (tertiary/aromatic N) is 2. The van der Waals surface area contributed by atoms with Crippen LogP contribution < -0.4 is 14.4 Å². The SMILES string of the molecule is CCOC(=O)c1ccc(N2C(=O)/C(=C\c3ccc(OCC#N)c(OC)c3)c3ccccc3C2=O)cc1. The third-order valence-corrected chi connectivity index (χ3v) is 5.51. The van der Waals surface area contributed by atoms with E-state index in [1.54, 1.807) is 55.5 Å². The average molecular weight is 482 g/mol. The van der Waals surface area contributed by atoms with Gasteiger partial charge in [0.25, 0.3) is 11.8 Å². The molecule has 0 aromatic heterocycles. The molecule has 1 aliphatic rings. The van der Waals surface area contributed by atoms with Gasteiger partial charge in [-0.1, -0.05) is 24.3 Å². The number of esters is 1. The Kier molecular flexibility index (Phi) is 7.12. The van der Waals surface area contributed by atoms with Gasteiger partial charge in [-0.2, -0.15) is 5.26 Å². The van der Waals surface area contributed by atoms with E-state index in [0.717, 1.165) is 4.90 Å². The zero-order valence-electron chi connectivity index (χ0n) is 19.7. The van der Waals surface area contributed by atoms with Crippen LogP contribution >= 0.6 is 0 Å². The minimum atomic E-state index is -0.508. The summed E-state index contributed by atoms with van der Waals surface area (Å²) in [5, 5.41) is 8.77. The standard InChI is InChI=1S/C28H22N2O6/c1-3-35-28(33)19-9-11-20(12-10-19)30-26(31)22-7-5-4-6-21(22)23(27(30)32)16-18-8-13-24(36-15-14-29)25(17-18)34-2/h4-13,16-17H,3,15H2,1-2H3/b23-16-. The Labute approximate surface area is 207 Å². The van der Waals surface area contributed by atoms with Gasteiger partial charge in [-0.3, -0.25) is 9.59 Å². The van der Waals surface area contributed by atoms with Gasteiger partial charge in [0.15, 0.2) is 18.1 Å². The van der Waals surface area contributed by atoms with Crippen LogP contribution in [0, 0.1) is 11.3 Å². The molecule has 0 spiro atoms. The molecule has 8 heteroatoms. The summed E-state index contributed by atoms with van der Waals surface area (Å²) in [6.45, 7) is 1.82. The summed E-state index contributed by atoms with van der Waals surface area (Å²) in [6, 6.07) is 20.0. The van der Waals surface area contributed by atoms with Gasteiger partial charge in [0, 0.05) is 11.1 Å². The molecule has 3 aromatic carbocycles. The lowest BCUT2D eigenvalue weighted by Gasteiger charge is -2.28. The minimum Gasteiger partial charge on any atom is -0.493 e. The van der Waals surface area contributed by atoms with Crippen molar-refractivity contribution in [3.05, 3.63) is 89.0 Å². The summed E-state index contributed by atoms with van der Waals surface area (Å²) in [7, 11) is 1.48. The number of rotatable bonds is 7. The smallest absolute Gasteiger partial charge is 0.338 e. The summed E-state index contributed by atoms with van der Waals surface area (Å²) in [6.07, 6.45) is 1.67. The van der Waals surface area contributed by atoms with E-state index in [1.807, 2.05) is 6.07 Å². The first kappa shape index (κ1) is 24.2. The summed E-state index contributed by atoms with van der Waals surface area (Å²) in [5.74, 6) is -0.656. The maximum absolute atomic E-state index is 13.6. The molecule has 0 saturated carbocycles. The molecule has 3 aromatic rings. The second-order valence-corrected chi connectivity index (χ2v) is 7.67. The molecule has 8 nitrogen and oxygen atoms in total. The number of amides is 2. The van der Waals surface area contributed by atoms with E-state index < -0.39 is 17.8 Å². The van der Waals surface area contributed by atoms with E-state index in [9.17, 15) is 14.4 Å². The van der Waals surface area contributed by atoms with Crippen molar-refractivity contribution in [2.45, 2.75) is 6.92 Å². The highest BCUT2D eigenvalue weighted by Gasteiger charge is 2.35. The number of ether oxygens (including phenoxy) is 3. The average Bonchev–Trinajstić information content (AvgIpc) is 2.90. The molecule has 0 radical (unpaired) electrons. The number of nitriles is 1. The maximum Gasteiger partial charge on any atom is 0.338 e. The second-order valence-electron chi connectivity index (χ2n) is 7.67. The number of anilines is 1. The molecule has 180 valence electrons. The van der Waals surface area contributed by atoms with E-state index in [1.165, 1.54) is 31.4 Å². The number of hydrogen-bond donors (Lipinski definition) is 0. The minimum absolute atomic E-state index is 0.130.